The Balaban J connectivity index is 0.940. The summed E-state index contributed by atoms with van der Waals surface area (Å²) in [6.07, 6.45) is -26.9. The van der Waals surface area contributed by atoms with E-state index in [4.69, 9.17) is 37.9 Å². The van der Waals surface area contributed by atoms with Gasteiger partial charge in [0.05, 0.1) is 50.3 Å². The van der Waals surface area contributed by atoms with Crippen LogP contribution in [0, 0.1) is 45.3 Å². The van der Waals surface area contributed by atoms with Gasteiger partial charge in [-0.2, -0.15) is 0 Å². The van der Waals surface area contributed by atoms with Crippen molar-refractivity contribution in [3.05, 3.63) is 11.6 Å². The van der Waals surface area contributed by atoms with Gasteiger partial charge in [-0.1, -0.05) is 53.2 Å². The zero-order valence-electron chi connectivity index (χ0n) is 46.1. The Bertz CT molecular complexity index is 2030. The molecule has 7 fully saturated rings. The van der Waals surface area contributed by atoms with Gasteiger partial charge in [0.2, 0.25) is 0 Å². The predicted molar refractivity (Wildman–Crippen MR) is 268 cm³/mol. The quantitative estimate of drug-likeness (QED) is 0.0637. The summed E-state index contributed by atoms with van der Waals surface area (Å²) >= 11 is 0. The fourth-order valence-corrected chi connectivity index (χ4v) is 15.6. The van der Waals surface area contributed by atoms with Crippen molar-refractivity contribution in [2.75, 3.05) is 26.4 Å². The van der Waals surface area contributed by atoms with Gasteiger partial charge in [0.25, 0.3) is 0 Å². The smallest absolute Gasteiger partial charge is 0.187 e. The molecule has 0 spiro atoms. The van der Waals surface area contributed by atoms with Crippen LogP contribution in [-0.4, -0.2) is 255 Å². The summed E-state index contributed by atoms with van der Waals surface area (Å²) in [5, 5.41) is 172. The fraction of sp³-hybridized carbons (Fsp3) is 0.963. The summed E-state index contributed by atoms with van der Waals surface area (Å²) in [5.74, 6) is 0.236. The number of hydrogen-bond acceptors (Lipinski definition) is 24. The van der Waals surface area contributed by atoms with Crippen LogP contribution in [0.4, 0.5) is 0 Å². The molecule has 78 heavy (non-hydrogen) atoms. The topological polar surface area (TPSA) is 398 Å². The fourth-order valence-electron chi connectivity index (χ4n) is 15.6. The third kappa shape index (κ3) is 11.0. The molecule has 452 valence electrons. The second kappa shape index (κ2) is 23.7. The minimum absolute atomic E-state index is 0.0338. The predicted octanol–water partition coefficient (Wildman–Crippen LogP) is -3.23. The van der Waals surface area contributed by atoms with Crippen LogP contribution in [0.15, 0.2) is 11.6 Å². The van der Waals surface area contributed by atoms with Crippen LogP contribution in [0.5, 0.6) is 0 Å². The van der Waals surface area contributed by atoms with Crippen LogP contribution in [0.3, 0.4) is 0 Å². The molecule has 4 heterocycles. The highest BCUT2D eigenvalue weighted by Gasteiger charge is 2.70. The monoisotopic (exact) mass is 1120 g/mol. The lowest BCUT2D eigenvalue weighted by molar-refractivity contribution is -0.375. The molecule has 3 unspecified atom stereocenters. The molecule has 0 radical (unpaired) electrons. The van der Waals surface area contributed by atoms with Gasteiger partial charge in [0, 0.05) is 10.8 Å². The van der Waals surface area contributed by atoms with E-state index in [1.54, 1.807) is 13.8 Å². The van der Waals surface area contributed by atoms with Crippen molar-refractivity contribution in [3.8, 4) is 0 Å². The summed E-state index contributed by atoms with van der Waals surface area (Å²) in [7, 11) is 0. The molecule has 3 saturated carbocycles. The second-order valence-electron chi connectivity index (χ2n) is 25.9. The summed E-state index contributed by atoms with van der Waals surface area (Å²) in [4.78, 5) is 0. The Morgan fingerprint density at radius 2 is 1.09 bits per heavy atom. The minimum atomic E-state index is -1.85. The first-order valence-electron chi connectivity index (χ1n) is 28.0. The van der Waals surface area contributed by atoms with E-state index in [-0.39, 0.29) is 40.9 Å². The van der Waals surface area contributed by atoms with E-state index in [1.807, 2.05) is 0 Å². The second-order valence-corrected chi connectivity index (χ2v) is 25.9. The van der Waals surface area contributed by atoms with Gasteiger partial charge in [-0.3, -0.25) is 0 Å². The molecule has 4 aliphatic carbocycles. The van der Waals surface area contributed by atoms with E-state index in [9.17, 15) is 81.7 Å². The Morgan fingerprint density at radius 3 is 1.65 bits per heavy atom. The zero-order chi connectivity index (χ0) is 57.5. The molecular weight excluding hydrogens is 1030 g/mol. The maximum atomic E-state index is 12.7. The van der Waals surface area contributed by atoms with Crippen molar-refractivity contribution in [1.82, 2.24) is 0 Å². The van der Waals surface area contributed by atoms with Crippen molar-refractivity contribution < 1.29 is 120 Å². The SMILES string of the molecule is C[C@H](CC[C@@H](O[C@@H]1O[C@H](CO)[C@@H](O)[C@H](O)[C@H]1O[C@@H]1O[C@H](CO)[C@@H](O)[C@H](O)[C@H]1O)C(C)(C)O)C1CC[C@@]2(C)C3CC=C4C(CC[C@H](O[C@@H]5O[C@H](CO[C@H]6O[C@H](CO)[C@@H](O)[C@H](O)[C@H]6O)[C@@H](O)[C@H](O)[C@H]5O)C4(C)C)[C@]3(C)[C@H](O)C[C@]12C. The third-order valence-corrected chi connectivity index (χ3v) is 20.8. The van der Waals surface area contributed by atoms with Gasteiger partial charge in [-0.15, -0.1) is 0 Å². The highest BCUT2D eigenvalue weighted by molar-refractivity contribution is 5.32. The first kappa shape index (κ1) is 62.8. The lowest BCUT2D eigenvalue weighted by Crippen LogP contribution is -2.65. The first-order valence-corrected chi connectivity index (χ1v) is 28.0. The van der Waals surface area contributed by atoms with Crippen LogP contribution >= 0.6 is 0 Å². The number of fused-ring (bicyclic) bond motifs is 5. The highest BCUT2D eigenvalue weighted by Crippen LogP contribution is 2.75. The summed E-state index contributed by atoms with van der Waals surface area (Å²) in [6, 6.07) is 0. The van der Waals surface area contributed by atoms with Crippen molar-refractivity contribution in [1.29, 1.82) is 0 Å². The molecule has 0 aromatic carbocycles. The Kier molecular flexibility index (Phi) is 19.1. The van der Waals surface area contributed by atoms with E-state index in [2.05, 4.69) is 47.6 Å². The van der Waals surface area contributed by atoms with Gasteiger partial charge >= 0.3 is 0 Å². The van der Waals surface area contributed by atoms with Gasteiger partial charge in [0.15, 0.2) is 25.2 Å². The van der Waals surface area contributed by atoms with Crippen molar-refractivity contribution in [3.63, 3.8) is 0 Å². The van der Waals surface area contributed by atoms with Crippen LogP contribution < -0.4 is 0 Å². The minimum Gasteiger partial charge on any atom is -0.394 e. The average Bonchev–Trinajstić information content (AvgIpc) is 2.93. The summed E-state index contributed by atoms with van der Waals surface area (Å²) in [6.45, 7) is 13.6. The number of hydrogen-bond donors (Lipinski definition) is 16. The van der Waals surface area contributed by atoms with E-state index in [1.165, 1.54) is 0 Å². The Hall–Kier alpha value is -1.22. The molecule has 8 rings (SSSR count). The maximum absolute atomic E-state index is 12.7. The van der Waals surface area contributed by atoms with Crippen molar-refractivity contribution >= 4 is 0 Å². The molecule has 0 amide bonds. The molecule has 0 aromatic rings. The molecule has 0 aromatic heterocycles. The van der Waals surface area contributed by atoms with Gasteiger partial charge in [0.1, 0.15) is 97.7 Å². The summed E-state index contributed by atoms with van der Waals surface area (Å²) in [5.41, 5.74) is -2.12. The lowest BCUT2D eigenvalue weighted by Gasteiger charge is -2.67. The molecule has 4 saturated heterocycles. The normalized spacial score (nSPS) is 51.4. The number of aliphatic hydroxyl groups is 16. The number of allylic oxidation sites excluding steroid dienone is 1. The number of rotatable bonds is 17. The van der Waals surface area contributed by atoms with E-state index in [0.717, 1.165) is 18.4 Å². The Morgan fingerprint density at radius 1 is 0.590 bits per heavy atom. The van der Waals surface area contributed by atoms with Crippen LogP contribution in [0.25, 0.3) is 0 Å². The molecule has 8 aliphatic rings. The van der Waals surface area contributed by atoms with Gasteiger partial charge < -0.3 is 120 Å². The van der Waals surface area contributed by atoms with Crippen LogP contribution in [0.2, 0.25) is 0 Å². The molecule has 30 atom stereocenters. The van der Waals surface area contributed by atoms with Crippen LogP contribution in [0.1, 0.15) is 107 Å². The Labute approximate surface area is 455 Å². The third-order valence-electron chi connectivity index (χ3n) is 20.8. The molecule has 24 heteroatoms. The first-order chi connectivity index (χ1) is 36.4. The molecule has 16 N–H and O–H groups in total. The summed E-state index contributed by atoms with van der Waals surface area (Å²) < 4.78 is 47.5. The lowest BCUT2D eigenvalue weighted by atomic mass is 9.38. The molecule has 0 bridgehead atoms. The maximum Gasteiger partial charge on any atom is 0.187 e. The molecular formula is C54H92O24. The highest BCUT2D eigenvalue weighted by atomic mass is 16.8. The largest absolute Gasteiger partial charge is 0.394 e. The molecule has 24 nitrogen and oxygen atoms in total. The van der Waals surface area contributed by atoms with E-state index in [0.29, 0.717) is 32.1 Å². The standard InChI is InChI=1S/C54H92O24/c1-22(9-13-33(51(4,5)70)77-49-45(41(66)36(61)28(20-57)74-49)78-48-44(69)39(64)35(60)27(19-56)73-48)23-15-16-52(6)30-12-10-24-25(54(30,8)31(58)17-53(23,52)7)11-14-32(50(24,2)3)76-47-43(68)40(65)37(62)29(75-47)21-71-46-42(67)38(63)34(59)26(18-55)72-46/h10,22-23,25-49,55-70H,9,11-21H2,1-8H3/t22-,23?,25?,26-,27-,28-,29-,30?,31-,32+,33-,34-,35-,36-,37-,38+,39+,40+,41+,42-,43-,44-,45-,46+,47+,48+,49+,52+,53-,54+/m1/s1. The number of ether oxygens (including phenoxy) is 8. The zero-order valence-corrected chi connectivity index (χ0v) is 46.1. The van der Waals surface area contributed by atoms with Crippen LogP contribution in [-0.2, 0) is 37.9 Å². The van der Waals surface area contributed by atoms with Gasteiger partial charge in [-0.05, 0) is 99.7 Å². The van der Waals surface area contributed by atoms with E-state index >= 15 is 0 Å². The number of aliphatic hydroxyl groups excluding tert-OH is 15. The van der Waals surface area contributed by atoms with E-state index < -0.39 is 184 Å². The average molecular weight is 1130 g/mol. The van der Waals surface area contributed by atoms with Crippen molar-refractivity contribution in [2.45, 2.75) is 253 Å². The van der Waals surface area contributed by atoms with Crippen molar-refractivity contribution in [2.24, 2.45) is 45.3 Å². The molecule has 4 aliphatic heterocycles. The van der Waals surface area contributed by atoms with Gasteiger partial charge in [-0.25, -0.2) is 0 Å².